The number of rotatable bonds is 5. The van der Waals surface area contributed by atoms with Crippen LogP contribution in [0.3, 0.4) is 0 Å². The average molecular weight is 470 g/mol. The number of nitrogens with zero attached hydrogens (tertiary/aromatic N) is 5. The lowest BCUT2D eigenvalue weighted by Gasteiger charge is -2.22. The van der Waals surface area contributed by atoms with Crippen molar-refractivity contribution >= 4 is 22.6 Å². The highest BCUT2D eigenvalue weighted by molar-refractivity contribution is 5.98. The maximum absolute atomic E-state index is 14.9. The number of carbonyl (C=O) groups is 1. The van der Waals surface area contributed by atoms with Crippen LogP contribution in [0.4, 0.5) is 23.4 Å². The average Bonchev–Trinajstić information content (AvgIpc) is 2.79. The molecule has 34 heavy (non-hydrogen) atoms. The summed E-state index contributed by atoms with van der Waals surface area (Å²) < 4.78 is 53.5. The zero-order valence-corrected chi connectivity index (χ0v) is 17.8. The molecule has 4 rings (SSSR count). The second-order valence-electron chi connectivity index (χ2n) is 7.58. The van der Waals surface area contributed by atoms with Crippen molar-refractivity contribution in [2.45, 2.75) is 26.2 Å². The summed E-state index contributed by atoms with van der Waals surface area (Å²) in [6.07, 6.45) is -0.886. The standard InChI is InChI=1S/C23H18F4N6O/c1-13-7-14-8-17(18(24)9-19(14)32-21(13)28)22(34)33(12-20-29-5-2-6-30-20)11-16-4-3-15(10-31-16)23(25,26)27/h2-10H,11-12H2,1H3,(H2,28,32). The van der Waals surface area contributed by atoms with Gasteiger partial charge in [-0.3, -0.25) is 9.78 Å². The van der Waals surface area contributed by atoms with Gasteiger partial charge in [-0.15, -0.1) is 0 Å². The number of pyridine rings is 2. The summed E-state index contributed by atoms with van der Waals surface area (Å²) >= 11 is 0. The molecule has 0 bridgehead atoms. The predicted molar refractivity (Wildman–Crippen MR) is 116 cm³/mol. The third-order valence-corrected chi connectivity index (χ3v) is 5.11. The Morgan fingerprint density at radius 2 is 1.79 bits per heavy atom. The van der Waals surface area contributed by atoms with Crippen LogP contribution in [-0.4, -0.2) is 30.7 Å². The SMILES string of the molecule is Cc1cc2cc(C(=O)N(Cc3ccc(C(F)(F)F)cn3)Cc3ncccn3)c(F)cc2nc1N. The number of aryl methyl sites for hydroxylation is 1. The first-order chi connectivity index (χ1) is 16.1. The van der Waals surface area contributed by atoms with Crippen LogP contribution in [0.25, 0.3) is 10.9 Å². The van der Waals surface area contributed by atoms with Crippen LogP contribution in [-0.2, 0) is 19.3 Å². The minimum Gasteiger partial charge on any atom is -0.383 e. The fourth-order valence-corrected chi connectivity index (χ4v) is 3.31. The van der Waals surface area contributed by atoms with Gasteiger partial charge in [-0.1, -0.05) is 0 Å². The van der Waals surface area contributed by atoms with Crippen LogP contribution >= 0.6 is 0 Å². The van der Waals surface area contributed by atoms with Crippen LogP contribution < -0.4 is 5.73 Å². The summed E-state index contributed by atoms with van der Waals surface area (Å²) in [5.41, 5.74) is 5.79. The second-order valence-corrected chi connectivity index (χ2v) is 7.58. The number of amides is 1. The largest absolute Gasteiger partial charge is 0.417 e. The fraction of sp³-hybridized carbons (Fsp3) is 0.174. The maximum Gasteiger partial charge on any atom is 0.417 e. The normalized spacial score (nSPS) is 11.6. The van der Waals surface area contributed by atoms with Crippen molar-refractivity contribution in [1.29, 1.82) is 0 Å². The number of nitrogen functional groups attached to an aromatic ring is 1. The quantitative estimate of drug-likeness (QED) is 0.437. The van der Waals surface area contributed by atoms with Crippen molar-refractivity contribution in [3.8, 4) is 0 Å². The van der Waals surface area contributed by atoms with Gasteiger partial charge in [-0.2, -0.15) is 13.2 Å². The van der Waals surface area contributed by atoms with Crippen LogP contribution in [0, 0.1) is 12.7 Å². The minimum atomic E-state index is -4.54. The van der Waals surface area contributed by atoms with Gasteiger partial charge in [0.15, 0.2) is 0 Å². The number of fused-ring (bicyclic) bond motifs is 1. The van der Waals surface area contributed by atoms with Crippen LogP contribution in [0.1, 0.15) is 33.0 Å². The van der Waals surface area contributed by atoms with Gasteiger partial charge >= 0.3 is 6.18 Å². The predicted octanol–water partition coefficient (Wildman–Crippen LogP) is 4.31. The second kappa shape index (κ2) is 9.00. The maximum atomic E-state index is 14.9. The molecule has 174 valence electrons. The first-order valence-electron chi connectivity index (χ1n) is 10.1. The van der Waals surface area contributed by atoms with Crippen molar-refractivity contribution in [1.82, 2.24) is 24.8 Å². The molecular formula is C23H18F4N6O. The van der Waals surface area contributed by atoms with E-state index in [1.54, 1.807) is 19.1 Å². The highest BCUT2D eigenvalue weighted by atomic mass is 19.4. The molecule has 0 saturated carbocycles. The molecule has 1 aromatic carbocycles. The zero-order chi connectivity index (χ0) is 24.5. The Balaban J connectivity index is 1.70. The van der Waals surface area contributed by atoms with E-state index in [2.05, 4.69) is 19.9 Å². The van der Waals surface area contributed by atoms with Gasteiger partial charge in [-0.25, -0.2) is 19.3 Å². The first kappa shape index (κ1) is 23.0. The van der Waals surface area contributed by atoms with Crippen molar-refractivity contribution in [2.75, 3.05) is 5.73 Å². The van der Waals surface area contributed by atoms with Gasteiger partial charge in [0.05, 0.1) is 35.4 Å². The van der Waals surface area contributed by atoms with Crippen molar-refractivity contribution < 1.29 is 22.4 Å². The highest BCUT2D eigenvalue weighted by Crippen LogP contribution is 2.29. The lowest BCUT2D eigenvalue weighted by Crippen LogP contribution is -2.32. The van der Waals surface area contributed by atoms with E-state index in [4.69, 9.17) is 5.73 Å². The molecule has 0 aliphatic rings. The van der Waals surface area contributed by atoms with E-state index >= 15 is 0 Å². The Morgan fingerprint density at radius 3 is 2.44 bits per heavy atom. The number of aromatic nitrogens is 4. The molecule has 0 atom stereocenters. The molecule has 4 aromatic rings. The number of carbonyl (C=O) groups excluding carboxylic acids is 1. The Hall–Kier alpha value is -4.15. The molecule has 1 amide bonds. The van der Waals surface area contributed by atoms with E-state index in [1.807, 2.05) is 0 Å². The van der Waals surface area contributed by atoms with E-state index in [-0.39, 0.29) is 36.0 Å². The topological polar surface area (TPSA) is 97.9 Å². The molecule has 11 heteroatoms. The van der Waals surface area contributed by atoms with E-state index in [0.717, 1.165) is 12.1 Å². The summed E-state index contributed by atoms with van der Waals surface area (Å²) in [6.45, 7) is 1.44. The van der Waals surface area contributed by atoms with E-state index in [0.29, 0.717) is 22.7 Å². The number of alkyl halides is 3. The van der Waals surface area contributed by atoms with Crippen molar-refractivity contribution in [2.24, 2.45) is 0 Å². The fourth-order valence-electron chi connectivity index (χ4n) is 3.31. The van der Waals surface area contributed by atoms with E-state index < -0.39 is 23.5 Å². The molecule has 0 saturated heterocycles. The van der Waals surface area contributed by atoms with Gasteiger partial charge in [0.2, 0.25) is 0 Å². The number of nitrogens with two attached hydrogens (primary N) is 1. The lowest BCUT2D eigenvalue weighted by molar-refractivity contribution is -0.137. The van der Waals surface area contributed by atoms with Gasteiger partial charge in [0, 0.05) is 30.0 Å². The molecule has 0 fully saturated rings. The summed E-state index contributed by atoms with van der Waals surface area (Å²) in [7, 11) is 0. The number of benzene rings is 1. The van der Waals surface area contributed by atoms with Gasteiger partial charge in [0.1, 0.15) is 17.5 Å². The third-order valence-electron chi connectivity index (χ3n) is 5.11. The molecule has 3 aromatic heterocycles. The third kappa shape index (κ3) is 4.92. The Labute approximate surface area is 191 Å². The van der Waals surface area contributed by atoms with Crippen LogP contribution in [0.2, 0.25) is 0 Å². The molecule has 7 nitrogen and oxygen atoms in total. The summed E-state index contributed by atoms with van der Waals surface area (Å²) in [6, 6.07) is 7.81. The molecule has 0 aliphatic carbocycles. The Bertz CT molecular complexity index is 1340. The number of anilines is 1. The molecule has 0 aliphatic heterocycles. The first-order valence-corrected chi connectivity index (χ1v) is 10.1. The monoisotopic (exact) mass is 470 g/mol. The lowest BCUT2D eigenvalue weighted by atomic mass is 10.1. The van der Waals surface area contributed by atoms with Gasteiger partial charge in [0.25, 0.3) is 5.91 Å². The molecular weight excluding hydrogens is 452 g/mol. The van der Waals surface area contributed by atoms with Crippen LogP contribution in [0.15, 0.2) is 55.0 Å². The number of hydrogen-bond acceptors (Lipinski definition) is 6. The molecule has 0 unspecified atom stereocenters. The molecule has 0 radical (unpaired) electrons. The van der Waals surface area contributed by atoms with Crippen LogP contribution in [0.5, 0.6) is 0 Å². The zero-order valence-electron chi connectivity index (χ0n) is 17.8. The van der Waals surface area contributed by atoms with Crippen molar-refractivity contribution in [3.05, 3.63) is 89.0 Å². The van der Waals surface area contributed by atoms with E-state index in [1.165, 1.54) is 29.4 Å². The van der Waals surface area contributed by atoms with Gasteiger partial charge in [-0.05, 0) is 42.8 Å². The summed E-state index contributed by atoms with van der Waals surface area (Å²) in [4.78, 5) is 30.7. The molecule has 2 N–H and O–H groups in total. The highest BCUT2D eigenvalue weighted by Gasteiger charge is 2.31. The molecule has 3 heterocycles. The Kier molecular flexibility index (Phi) is 6.10. The number of hydrogen-bond donors (Lipinski definition) is 1. The summed E-state index contributed by atoms with van der Waals surface area (Å²) in [5.74, 6) is -0.993. The minimum absolute atomic E-state index is 0.112. The number of halogens is 4. The van der Waals surface area contributed by atoms with Gasteiger partial charge < -0.3 is 10.6 Å². The molecule has 0 spiro atoms. The smallest absolute Gasteiger partial charge is 0.383 e. The van der Waals surface area contributed by atoms with E-state index in [9.17, 15) is 22.4 Å². The van der Waals surface area contributed by atoms with Crippen molar-refractivity contribution in [3.63, 3.8) is 0 Å². The Morgan fingerprint density at radius 1 is 1.06 bits per heavy atom. The summed E-state index contributed by atoms with van der Waals surface area (Å²) in [5, 5.41) is 0.514.